The minimum atomic E-state index is -5.17. The van der Waals surface area contributed by atoms with Crippen LogP contribution in [0.3, 0.4) is 0 Å². The van der Waals surface area contributed by atoms with Gasteiger partial charge in [0.2, 0.25) is 5.67 Å². The second-order valence-electron chi connectivity index (χ2n) is 3.88. The Balaban J connectivity index is 0.00000144. The summed E-state index contributed by atoms with van der Waals surface area (Å²) in [6, 6.07) is 2.80. The van der Waals surface area contributed by atoms with Crippen molar-refractivity contribution in [1.82, 2.24) is 0 Å². The molecular formula is C9H6BF6K. The molecule has 1 aromatic carbocycles. The third kappa shape index (κ3) is 2.75. The van der Waals surface area contributed by atoms with Crippen LogP contribution < -0.4 is 56.8 Å². The molecule has 0 nitrogen and oxygen atoms in total. The van der Waals surface area contributed by atoms with Gasteiger partial charge in [0.25, 0.3) is 5.92 Å². The normalized spacial score (nSPS) is 26.2. The van der Waals surface area contributed by atoms with Gasteiger partial charge in [0.05, 0.1) is 6.42 Å². The van der Waals surface area contributed by atoms with Crippen LogP contribution in [0.25, 0.3) is 0 Å². The van der Waals surface area contributed by atoms with Crippen LogP contribution in [0.5, 0.6) is 0 Å². The van der Waals surface area contributed by atoms with Crippen LogP contribution in [-0.2, 0) is 5.67 Å². The van der Waals surface area contributed by atoms with Crippen molar-refractivity contribution < 1.29 is 77.5 Å². The predicted molar refractivity (Wildman–Crippen MR) is 47.5 cm³/mol. The first-order valence-electron chi connectivity index (χ1n) is 4.54. The Bertz CT molecular complexity index is 414. The third-order valence-electron chi connectivity index (χ3n) is 2.67. The smallest absolute Gasteiger partial charge is 0.445 e. The maximum absolute atomic E-state index is 13.4. The van der Waals surface area contributed by atoms with Gasteiger partial charge in [0.15, 0.2) is 0 Å². The van der Waals surface area contributed by atoms with E-state index >= 15 is 0 Å². The first-order valence-corrected chi connectivity index (χ1v) is 4.54. The molecular weight excluding hydrogens is 272 g/mol. The first-order chi connectivity index (χ1) is 7.17. The second kappa shape index (κ2) is 4.56. The number of hydrogen-bond donors (Lipinski definition) is 0. The van der Waals surface area contributed by atoms with Crippen molar-refractivity contribution in [3.8, 4) is 0 Å². The minimum absolute atomic E-state index is 0. The van der Waals surface area contributed by atoms with E-state index in [1.165, 1.54) is 0 Å². The maximum atomic E-state index is 13.4. The number of rotatable bonds is 2. The van der Waals surface area contributed by atoms with Gasteiger partial charge in [-0.25, -0.2) is 13.2 Å². The van der Waals surface area contributed by atoms with Crippen molar-refractivity contribution >= 4 is 12.4 Å². The van der Waals surface area contributed by atoms with Gasteiger partial charge in [0, 0.05) is 0 Å². The van der Waals surface area contributed by atoms with Crippen LogP contribution in [-0.4, -0.2) is 12.9 Å². The molecule has 1 unspecified atom stereocenters. The molecule has 0 aromatic heterocycles. The SMILES string of the molecule is F[B-](F)(F)c1ccc(C2(F)CC2(F)F)cc1.[K+]. The molecule has 17 heavy (non-hydrogen) atoms. The summed E-state index contributed by atoms with van der Waals surface area (Å²) < 4.78 is 75.2. The minimum Gasteiger partial charge on any atom is -0.445 e. The molecule has 1 aliphatic carbocycles. The Morgan fingerprint density at radius 1 is 0.941 bits per heavy atom. The summed E-state index contributed by atoms with van der Waals surface area (Å²) in [5.74, 6) is -3.46. The van der Waals surface area contributed by atoms with E-state index in [0.717, 1.165) is 12.1 Å². The van der Waals surface area contributed by atoms with Crippen molar-refractivity contribution in [3.05, 3.63) is 29.8 Å². The molecule has 0 saturated heterocycles. The largest absolute Gasteiger partial charge is 1.00 e. The molecule has 0 aliphatic heterocycles. The molecule has 0 amide bonds. The summed E-state index contributed by atoms with van der Waals surface area (Å²) in [4.78, 5) is 0. The predicted octanol–water partition coefficient (Wildman–Crippen LogP) is -0.0512. The standard InChI is InChI=1S/C9H6BF6.K/c11-8(5-9(8,12)13)6-1-3-7(4-2-6)10(14,15)16;/h1-4H,5H2;/q-1;+1. The van der Waals surface area contributed by atoms with Gasteiger partial charge in [0.1, 0.15) is 0 Å². The van der Waals surface area contributed by atoms with Crippen molar-refractivity contribution in [2.45, 2.75) is 18.0 Å². The molecule has 2 rings (SSSR count). The summed E-state index contributed by atoms with van der Waals surface area (Å²) in [6.07, 6.45) is -0.962. The van der Waals surface area contributed by atoms with Crippen LogP contribution in [0.2, 0.25) is 0 Å². The number of hydrogen-bond acceptors (Lipinski definition) is 0. The van der Waals surface area contributed by atoms with Crippen LogP contribution in [0, 0.1) is 0 Å². The quantitative estimate of drug-likeness (QED) is 0.525. The topological polar surface area (TPSA) is 0 Å². The van der Waals surface area contributed by atoms with Crippen LogP contribution in [0.15, 0.2) is 24.3 Å². The van der Waals surface area contributed by atoms with Gasteiger partial charge >= 0.3 is 58.4 Å². The van der Waals surface area contributed by atoms with Gasteiger partial charge in [-0.3, -0.25) is 0 Å². The second-order valence-corrected chi connectivity index (χ2v) is 3.88. The van der Waals surface area contributed by atoms with Crippen molar-refractivity contribution in [2.24, 2.45) is 0 Å². The molecule has 0 heterocycles. The molecule has 0 bridgehead atoms. The average molecular weight is 278 g/mol. The summed E-state index contributed by atoms with van der Waals surface area (Å²) in [5.41, 5.74) is -4.11. The van der Waals surface area contributed by atoms with Gasteiger partial charge in [-0.05, 0) is 5.56 Å². The molecule has 8 heteroatoms. The van der Waals surface area contributed by atoms with E-state index in [-0.39, 0.29) is 51.4 Å². The number of alkyl halides is 3. The van der Waals surface area contributed by atoms with Gasteiger partial charge < -0.3 is 12.9 Å². The Labute approximate surface area is 136 Å². The number of benzene rings is 1. The molecule has 1 aromatic rings. The summed E-state index contributed by atoms with van der Waals surface area (Å²) in [5, 5.41) is 0. The Hall–Kier alpha value is 0.501. The van der Waals surface area contributed by atoms with Crippen LogP contribution in [0.1, 0.15) is 12.0 Å². The summed E-state index contributed by atoms with van der Waals surface area (Å²) in [6.45, 7) is -5.17. The van der Waals surface area contributed by atoms with E-state index in [2.05, 4.69) is 0 Å². The Morgan fingerprint density at radius 2 is 1.35 bits per heavy atom. The molecule has 1 aliphatic rings. The van der Waals surface area contributed by atoms with E-state index in [0.29, 0.717) is 12.1 Å². The fraction of sp³-hybridized carbons (Fsp3) is 0.333. The monoisotopic (exact) mass is 278 g/mol. The van der Waals surface area contributed by atoms with Crippen LogP contribution in [0.4, 0.5) is 26.1 Å². The third-order valence-corrected chi connectivity index (χ3v) is 2.67. The molecule has 1 atom stereocenters. The van der Waals surface area contributed by atoms with E-state index in [4.69, 9.17) is 0 Å². The number of halogens is 6. The fourth-order valence-corrected chi connectivity index (χ4v) is 1.54. The maximum Gasteiger partial charge on any atom is 1.00 e. The van der Waals surface area contributed by atoms with Crippen molar-refractivity contribution in [2.75, 3.05) is 0 Å². The van der Waals surface area contributed by atoms with Gasteiger partial charge in [-0.2, -0.15) is 0 Å². The molecule has 0 N–H and O–H groups in total. The fourth-order valence-electron chi connectivity index (χ4n) is 1.54. The zero-order chi connectivity index (χ0) is 12.2. The van der Waals surface area contributed by atoms with Gasteiger partial charge in [-0.15, -0.1) is 5.46 Å². The molecule has 1 fully saturated rings. The molecule has 1 saturated carbocycles. The zero-order valence-electron chi connectivity index (χ0n) is 8.86. The zero-order valence-corrected chi connectivity index (χ0v) is 12.0. The van der Waals surface area contributed by atoms with Crippen molar-refractivity contribution in [3.63, 3.8) is 0 Å². The van der Waals surface area contributed by atoms with Gasteiger partial charge in [-0.1, -0.05) is 24.3 Å². The van der Waals surface area contributed by atoms with E-state index in [1.807, 2.05) is 0 Å². The molecule has 88 valence electrons. The Morgan fingerprint density at radius 3 is 1.65 bits per heavy atom. The van der Waals surface area contributed by atoms with E-state index < -0.39 is 36.0 Å². The first kappa shape index (κ1) is 15.6. The van der Waals surface area contributed by atoms with E-state index in [9.17, 15) is 26.1 Å². The molecule has 0 radical (unpaired) electrons. The van der Waals surface area contributed by atoms with E-state index in [1.54, 1.807) is 0 Å². The Kier molecular flexibility index (Phi) is 4.17. The summed E-state index contributed by atoms with van der Waals surface area (Å²) >= 11 is 0. The average Bonchev–Trinajstić information content (AvgIpc) is 2.66. The van der Waals surface area contributed by atoms with Crippen LogP contribution >= 0.6 is 0 Å². The summed E-state index contributed by atoms with van der Waals surface area (Å²) in [7, 11) is 0. The van der Waals surface area contributed by atoms with Crippen molar-refractivity contribution in [1.29, 1.82) is 0 Å². The molecule has 0 spiro atoms.